The van der Waals surface area contributed by atoms with Crippen molar-refractivity contribution < 1.29 is 9.15 Å². The summed E-state index contributed by atoms with van der Waals surface area (Å²) in [7, 11) is 0. The molecule has 0 atom stereocenters. The normalized spacial score (nSPS) is 10.8. The summed E-state index contributed by atoms with van der Waals surface area (Å²) in [4.78, 5) is 4.48. The van der Waals surface area contributed by atoms with E-state index < -0.39 is 0 Å². The first-order valence-corrected chi connectivity index (χ1v) is 7.59. The van der Waals surface area contributed by atoms with E-state index in [1.807, 2.05) is 48.5 Å². The fraction of sp³-hybridized carbons (Fsp3) is 0.188. The Hall–Kier alpha value is -1.81. The van der Waals surface area contributed by atoms with E-state index in [9.17, 15) is 0 Å². The average molecular weight is 332 g/mol. The van der Waals surface area contributed by atoms with Crippen LogP contribution in [-0.2, 0) is 6.42 Å². The van der Waals surface area contributed by atoms with E-state index in [-0.39, 0.29) is 0 Å². The zero-order valence-corrected chi connectivity index (χ0v) is 12.5. The molecule has 1 heterocycles. The quantitative estimate of drug-likeness (QED) is 0.657. The largest absolute Gasteiger partial charge is 0.493 e. The maximum Gasteiger partial charge on any atom is 0.199 e. The van der Waals surface area contributed by atoms with Crippen LogP contribution < -0.4 is 4.74 Å². The number of rotatable bonds is 5. The number of ether oxygens (including phenoxy) is 1. The molecule has 1 aromatic heterocycles. The van der Waals surface area contributed by atoms with E-state index in [1.165, 1.54) is 0 Å². The lowest BCUT2D eigenvalue weighted by Gasteiger charge is -2.04. The number of halogens is 1. The van der Waals surface area contributed by atoms with Gasteiger partial charge in [0.2, 0.25) is 0 Å². The van der Waals surface area contributed by atoms with Crippen molar-refractivity contribution in [3.63, 3.8) is 0 Å². The van der Waals surface area contributed by atoms with Gasteiger partial charge >= 0.3 is 0 Å². The van der Waals surface area contributed by atoms with Crippen LogP contribution in [0.1, 0.15) is 11.5 Å². The number of hydrogen-bond acceptors (Lipinski definition) is 3. The van der Waals surface area contributed by atoms with Gasteiger partial charge in [0.25, 0.3) is 0 Å². The zero-order valence-electron chi connectivity index (χ0n) is 10.9. The third-order valence-corrected chi connectivity index (χ3v) is 3.29. The Kier molecular flexibility index (Phi) is 4.02. The first-order chi connectivity index (χ1) is 9.85. The molecule has 0 saturated carbocycles. The summed E-state index contributed by atoms with van der Waals surface area (Å²) in [5.74, 6) is 1.62. The summed E-state index contributed by atoms with van der Waals surface area (Å²) in [6.07, 6.45) is 0.688. The van der Waals surface area contributed by atoms with Gasteiger partial charge in [-0.25, -0.2) is 4.98 Å². The number of fused-ring (bicyclic) bond motifs is 1. The molecular weight excluding hydrogens is 318 g/mol. The molecule has 102 valence electrons. The van der Waals surface area contributed by atoms with Gasteiger partial charge in [-0.05, 0) is 29.8 Å². The van der Waals surface area contributed by atoms with E-state index >= 15 is 0 Å². The highest BCUT2D eigenvalue weighted by Gasteiger charge is 2.06. The highest BCUT2D eigenvalue weighted by atomic mass is 79.9. The number of nitrogens with zero attached hydrogens (tertiary/aromatic N) is 1. The van der Waals surface area contributed by atoms with Gasteiger partial charge in [0.1, 0.15) is 11.3 Å². The zero-order chi connectivity index (χ0) is 13.8. The van der Waals surface area contributed by atoms with Crippen LogP contribution in [0.5, 0.6) is 5.75 Å². The molecule has 20 heavy (non-hydrogen) atoms. The molecule has 0 aliphatic heterocycles. The lowest BCUT2D eigenvalue weighted by molar-refractivity contribution is 0.345. The molecule has 0 N–H and O–H groups in total. The molecule has 0 amide bonds. The number of para-hydroxylation sites is 2. The van der Waals surface area contributed by atoms with Crippen molar-refractivity contribution in [1.29, 1.82) is 0 Å². The molecule has 0 fully saturated rings. The third-order valence-electron chi connectivity index (χ3n) is 2.96. The van der Waals surface area contributed by atoms with Crippen LogP contribution in [0, 0.1) is 0 Å². The van der Waals surface area contributed by atoms with E-state index in [1.54, 1.807) is 0 Å². The maximum atomic E-state index is 5.72. The van der Waals surface area contributed by atoms with E-state index in [2.05, 4.69) is 20.9 Å². The van der Waals surface area contributed by atoms with E-state index in [0.29, 0.717) is 13.0 Å². The lowest BCUT2D eigenvalue weighted by atomic mass is 10.1. The number of oxazole rings is 1. The van der Waals surface area contributed by atoms with Crippen LogP contribution in [0.15, 0.2) is 52.9 Å². The fourth-order valence-electron chi connectivity index (χ4n) is 2.03. The van der Waals surface area contributed by atoms with Gasteiger partial charge in [-0.2, -0.15) is 0 Å². The van der Waals surface area contributed by atoms with Gasteiger partial charge < -0.3 is 9.15 Å². The van der Waals surface area contributed by atoms with E-state index in [0.717, 1.165) is 33.6 Å². The Labute approximate surface area is 125 Å². The highest BCUT2D eigenvalue weighted by Crippen LogP contribution is 2.19. The first kappa shape index (κ1) is 13.2. The van der Waals surface area contributed by atoms with E-state index in [4.69, 9.17) is 9.15 Å². The van der Waals surface area contributed by atoms with Crippen molar-refractivity contribution in [2.75, 3.05) is 11.9 Å². The highest BCUT2D eigenvalue weighted by molar-refractivity contribution is 9.09. The number of hydrogen-bond donors (Lipinski definition) is 0. The minimum absolute atomic E-state index is 0.671. The second-order valence-corrected chi connectivity index (χ2v) is 5.23. The molecule has 0 aliphatic carbocycles. The SMILES string of the molecule is BrCCOc1ccc(Cc2nc3ccccc3o2)cc1. The van der Waals surface area contributed by atoms with Crippen molar-refractivity contribution in [3.8, 4) is 5.75 Å². The van der Waals surface area contributed by atoms with Crippen LogP contribution in [-0.4, -0.2) is 16.9 Å². The fourth-order valence-corrected chi connectivity index (χ4v) is 2.19. The second-order valence-electron chi connectivity index (χ2n) is 4.43. The summed E-state index contributed by atoms with van der Waals surface area (Å²) in [5, 5.41) is 0.831. The summed E-state index contributed by atoms with van der Waals surface area (Å²) in [5.41, 5.74) is 2.89. The number of alkyl halides is 1. The molecule has 4 heteroatoms. The third kappa shape index (κ3) is 3.02. The van der Waals surface area contributed by atoms with Crippen molar-refractivity contribution in [2.45, 2.75) is 6.42 Å². The summed E-state index contributed by atoms with van der Waals surface area (Å²) < 4.78 is 11.2. The van der Waals surface area contributed by atoms with Crippen LogP contribution in [0.4, 0.5) is 0 Å². The molecule has 3 nitrogen and oxygen atoms in total. The molecule has 0 bridgehead atoms. The predicted octanol–water partition coefficient (Wildman–Crippen LogP) is 4.19. The Morgan fingerprint density at radius 1 is 1.05 bits per heavy atom. The van der Waals surface area contributed by atoms with Gasteiger partial charge in [0.05, 0.1) is 6.61 Å². The minimum Gasteiger partial charge on any atom is -0.493 e. The summed E-state index contributed by atoms with van der Waals surface area (Å²) >= 11 is 3.34. The van der Waals surface area contributed by atoms with Crippen molar-refractivity contribution in [2.24, 2.45) is 0 Å². The molecule has 0 spiro atoms. The van der Waals surface area contributed by atoms with Crippen molar-refractivity contribution >= 4 is 27.0 Å². The van der Waals surface area contributed by atoms with Crippen molar-refractivity contribution in [3.05, 3.63) is 60.0 Å². The van der Waals surface area contributed by atoms with Crippen LogP contribution >= 0.6 is 15.9 Å². The van der Waals surface area contributed by atoms with Crippen LogP contribution in [0.25, 0.3) is 11.1 Å². The minimum atomic E-state index is 0.671. The maximum absolute atomic E-state index is 5.72. The molecule has 0 radical (unpaired) electrons. The number of benzene rings is 2. The lowest BCUT2D eigenvalue weighted by Crippen LogP contribution is -1.97. The Balaban J connectivity index is 1.73. The van der Waals surface area contributed by atoms with Crippen molar-refractivity contribution in [1.82, 2.24) is 4.98 Å². The Bertz CT molecular complexity index is 658. The smallest absolute Gasteiger partial charge is 0.199 e. The van der Waals surface area contributed by atoms with Crippen LogP contribution in [0.3, 0.4) is 0 Å². The molecule has 0 saturated heterocycles. The number of aromatic nitrogens is 1. The molecular formula is C16H14BrNO2. The van der Waals surface area contributed by atoms with Gasteiger partial charge in [0, 0.05) is 11.8 Å². The van der Waals surface area contributed by atoms with Gasteiger partial charge in [-0.3, -0.25) is 0 Å². The molecule has 0 aliphatic rings. The van der Waals surface area contributed by atoms with Gasteiger partial charge in [0.15, 0.2) is 11.5 Å². The summed E-state index contributed by atoms with van der Waals surface area (Å²) in [6.45, 7) is 0.671. The summed E-state index contributed by atoms with van der Waals surface area (Å²) in [6, 6.07) is 15.8. The predicted molar refractivity (Wildman–Crippen MR) is 82.5 cm³/mol. The van der Waals surface area contributed by atoms with Gasteiger partial charge in [-0.1, -0.05) is 40.2 Å². The van der Waals surface area contributed by atoms with Crippen LogP contribution in [0.2, 0.25) is 0 Å². The topological polar surface area (TPSA) is 35.3 Å². The molecule has 2 aromatic carbocycles. The molecule has 0 unspecified atom stereocenters. The Morgan fingerprint density at radius 2 is 1.85 bits per heavy atom. The molecule has 3 aromatic rings. The monoisotopic (exact) mass is 331 g/mol. The average Bonchev–Trinajstić information content (AvgIpc) is 2.89. The van der Waals surface area contributed by atoms with Gasteiger partial charge in [-0.15, -0.1) is 0 Å². The Morgan fingerprint density at radius 3 is 2.60 bits per heavy atom. The standard InChI is InChI=1S/C16H14BrNO2/c17-9-10-19-13-7-5-12(6-8-13)11-16-18-14-3-1-2-4-15(14)20-16/h1-8H,9-11H2. The second kappa shape index (κ2) is 6.09. The first-order valence-electron chi connectivity index (χ1n) is 6.47. The molecule has 3 rings (SSSR count).